The van der Waals surface area contributed by atoms with E-state index in [-0.39, 0.29) is 11.6 Å². The summed E-state index contributed by atoms with van der Waals surface area (Å²) in [5, 5.41) is 7.14. The zero-order chi connectivity index (χ0) is 36.2. The van der Waals surface area contributed by atoms with E-state index in [0.717, 1.165) is 11.1 Å². The van der Waals surface area contributed by atoms with Crippen LogP contribution in [0.2, 0.25) is 0 Å². The molecule has 3 heterocycles. The van der Waals surface area contributed by atoms with Crippen LogP contribution in [0.1, 0.15) is 20.7 Å². The molecule has 7 rings (SSSR count). The molecule has 0 fully saturated rings. The molecule has 0 aliphatic heterocycles. The Balaban J connectivity index is 1.17. The van der Waals surface area contributed by atoms with E-state index in [2.05, 4.69) is 15.6 Å². The van der Waals surface area contributed by atoms with Gasteiger partial charge in [-0.2, -0.15) is 0 Å². The van der Waals surface area contributed by atoms with Gasteiger partial charge in [-0.1, -0.05) is 42.5 Å². The zero-order valence-electron chi connectivity index (χ0n) is 28.8. The number of pyridine rings is 3. The summed E-state index contributed by atoms with van der Waals surface area (Å²) < 4.78 is 21.8. The van der Waals surface area contributed by atoms with Crippen LogP contribution in [-0.4, -0.2) is 55.2 Å². The Labute approximate surface area is 299 Å². The van der Waals surface area contributed by atoms with Crippen LogP contribution in [0.25, 0.3) is 44.3 Å². The Morgan fingerprint density at radius 3 is 1.31 bits per heavy atom. The van der Waals surface area contributed by atoms with Gasteiger partial charge in [-0.05, 0) is 72.8 Å². The van der Waals surface area contributed by atoms with E-state index in [4.69, 9.17) is 28.9 Å². The van der Waals surface area contributed by atoms with E-state index in [1.165, 1.54) is 0 Å². The maximum absolute atomic E-state index is 13.9. The number of amides is 2. The number of ether oxygens (including phenoxy) is 4. The molecule has 0 bridgehead atoms. The van der Waals surface area contributed by atoms with E-state index >= 15 is 0 Å². The van der Waals surface area contributed by atoms with Gasteiger partial charge in [0.15, 0.2) is 23.0 Å². The molecule has 0 radical (unpaired) electrons. The molecule has 11 heteroatoms. The molecule has 4 aromatic carbocycles. The molecule has 0 saturated carbocycles. The number of hydrogen-bond donors (Lipinski definition) is 2. The average molecular weight is 692 g/mol. The van der Waals surface area contributed by atoms with Gasteiger partial charge in [-0.15, -0.1) is 0 Å². The molecule has 3 aromatic heterocycles. The molecule has 2 N–H and O–H groups in total. The van der Waals surface area contributed by atoms with Gasteiger partial charge in [0.1, 0.15) is 11.6 Å². The van der Waals surface area contributed by atoms with Crippen molar-refractivity contribution in [3.63, 3.8) is 0 Å². The molecule has 258 valence electrons. The summed E-state index contributed by atoms with van der Waals surface area (Å²) in [5.74, 6) is 1.97. The fourth-order valence-corrected chi connectivity index (χ4v) is 5.95. The van der Waals surface area contributed by atoms with E-state index < -0.39 is 11.8 Å². The molecule has 0 spiro atoms. The molecule has 52 heavy (non-hydrogen) atoms. The van der Waals surface area contributed by atoms with Crippen molar-refractivity contribution in [1.82, 2.24) is 15.0 Å². The maximum atomic E-state index is 13.9. The third-order valence-corrected chi connectivity index (χ3v) is 8.51. The maximum Gasteiger partial charge on any atom is 0.257 e. The molecule has 0 saturated heterocycles. The number of rotatable bonds is 10. The second kappa shape index (κ2) is 14.5. The molecule has 0 aliphatic carbocycles. The molecule has 7 aromatic rings. The fraction of sp³-hybridized carbons (Fsp3) is 0.0976. The van der Waals surface area contributed by atoms with Crippen molar-refractivity contribution in [2.45, 2.75) is 0 Å². The first-order valence-electron chi connectivity index (χ1n) is 16.2. The summed E-state index contributed by atoms with van der Waals surface area (Å²) >= 11 is 0. The summed E-state index contributed by atoms with van der Waals surface area (Å²) in [5.41, 5.74) is 4.75. The summed E-state index contributed by atoms with van der Waals surface area (Å²) in [6.45, 7) is 0. The number of nitrogens with zero attached hydrogens (tertiary/aromatic N) is 3. The highest BCUT2D eigenvalue weighted by Crippen LogP contribution is 2.35. The van der Waals surface area contributed by atoms with Gasteiger partial charge in [-0.3, -0.25) is 9.59 Å². The van der Waals surface area contributed by atoms with Crippen LogP contribution in [0.4, 0.5) is 11.6 Å². The van der Waals surface area contributed by atoms with Gasteiger partial charge in [-0.25, -0.2) is 15.0 Å². The van der Waals surface area contributed by atoms with Crippen molar-refractivity contribution >= 4 is 45.3 Å². The highest BCUT2D eigenvalue weighted by Gasteiger charge is 2.19. The van der Waals surface area contributed by atoms with E-state index in [1.807, 2.05) is 72.8 Å². The summed E-state index contributed by atoms with van der Waals surface area (Å²) in [6, 6.07) is 34.2. The van der Waals surface area contributed by atoms with Crippen molar-refractivity contribution in [2.24, 2.45) is 0 Å². The largest absolute Gasteiger partial charge is 0.493 e. The van der Waals surface area contributed by atoms with Gasteiger partial charge >= 0.3 is 0 Å². The fourth-order valence-electron chi connectivity index (χ4n) is 5.95. The predicted octanol–water partition coefficient (Wildman–Crippen LogP) is 8.05. The predicted molar refractivity (Wildman–Crippen MR) is 201 cm³/mol. The van der Waals surface area contributed by atoms with Gasteiger partial charge < -0.3 is 29.6 Å². The lowest BCUT2D eigenvalue weighted by atomic mass is 10.0. The van der Waals surface area contributed by atoms with Crippen LogP contribution in [0.15, 0.2) is 115 Å². The summed E-state index contributed by atoms with van der Waals surface area (Å²) in [7, 11) is 6.27. The van der Waals surface area contributed by atoms with Crippen LogP contribution >= 0.6 is 0 Å². The van der Waals surface area contributed by atoms with Crippen molar-refractivity contribution in [2.75, 3.05) is 39.1 Å². The van der Waals surface area contributed by atoms with Crippen LogP contribution in [-0.2, 0) is 0 Å². The standard InChI is InChI=1S/C41H33N5O6/c1-49-34-18-16-24(20-36(34)51-3)32-22-28(26-10-5-7-12-30(26)42-32)40(47)45-38-14-9-15-39(44-38)46-41(48)29-23-33(43-31-13-8-6-11-27(29)31)25-17-19-35(50-2)37(21-25)52-4/h5-23H,1-4H3,(H2,44,45,46,47,48). The SMILES string of the molecule is COc1ccc(-c2cc(C(=O)Nc3cccc(NC(=O)c4cc(-c5ccc(OC)c(OC)c5)nc5ccccc45)n3)c3ccccc3n2)cc1OC. The number of anilines is 2. The molecular weight excluding hydrogens is 658 g/mol. The topological polar surface area (TPSA) is 134 Å². The van der Waals surface area contributed by atoms with Crippen molar-refractivity contribution < 1.29 is 28.5 Å². The second-order valence-electron chi connectivity index (χ2n) is 11.6. The van der Waals surface area contributed by atoms with Gasteiger partial charge in [0, 0.05) is 21.9 Å². The second-order valence-corrected chi connectivity index (χ2v) is 11.6. The number of fused-ring (bicyclic) bond motifs is 2. The van der Waals surface area contributed by atoms with Crippen LogP contribution in [0.3, 0.4) is 0 Å². The lowest BCUT2D eigenvalue weighted by Crippen LogP contribution is -2.17. The Kier molecular flexibility index (Phi) is 9.31. The highest BCUT2D eigenvalue weighted by molar-refractivity contribution is 6.14. The lowest BCUT2D eigenvalue weighted by Gasteiger charge is -2.13. The van der Waals surface area contributed by atoms with Gasteiger partial charge in [0.2, 0.25) is 0 Å². The van der Waals surface area contributed by atoms with Crippen LogP contribution in [0, 0.1) is 0 Å². The molecule has 0 atom stereocenters. The molecular formula is C41H33N5O6. The number of carbonyl (C=O) groups is 2. The zero-order valence-corrected chi connectivity index (χ0v) is 28.8. The van der Waals surface area contributed by atoms with E-state index in [9.17, 15) is 9.59 Å². The van der Waals surface area contributed by atoms with Gasteiger partial charge in [0.25, 0.3) is 11.8 Å². The summed E-state index contributed by atoms with van der Waals surface area (Å²) in [6.07, 6.45) is 0. The number of hydrogen-bond acceptors (Lipinski definition) is 9. The number of methoxy groups -OCH3 is 4. The molecule has 0 aliphatic rings. The third-order valence-electron chi connectivity index (χ3n) is 8.51. The molecule has 2 amide bonds. The average Bonchev–Trinajstić information content (AvgIpc) is 3.19. The van der Waals surface area contributed by atoms with Crippen LogP contribution < -0.4 is 29.6 Å². The normalized spacial score (nSPS) is 10.8. The number of benzene rings is 4. The Bertz CT molecular complexity index is 2320. The Hall–Kier alpha value is -7.01. The first kappa shape index (κ1) is 33.5. The molecule has 11 nitrogen and oxygen atoms in total. The number of carbonyl (C=O) groups excluding carboxylic acids is 2. The van der Waals surface area contributed by atoms with Crippen molar-refractivity contribution in [3.05, 3.63) is 126 Å². The summed E-state index contributed by atoms with van der Waals surface area (Å²) in [4.78, 5) is 41.9. The first-order valence-corrected chi connectivity index (χ1v) is 16.2. The Morgan fingerprint density at radius 1 is 0.462 bits per heavy atom. The van der Waals surface area contributed by atoms with Gasteiger partial charge in [0.05, 0.1) is 62.0 Å². The smallest absolute Gasteiger partial charge is 0.257 e. The van der Waals surface area contributed by atoms with Crippen molar-refractivity contribution in [1.29, 1.82) is 0 Å². The number of aromatic nitrogens is 3. The minimum atomic E-state index is -0.393. The minimum Gasteiger partial charge on any atom is -0.493 e. The lowest BCUT2D eigenvalue weighted by molar-refractivity contribution is 0.102. The number of para-hydroxylation sites is 2. The quantitative estimate of drug-likeness (QED) is 0.146. The third kappa shape index (κ3) is 6.62. The van der Waals surface area contributed by atoms with E-state index in [1.54, 1.807) is 70.9 Å². The van der Waals surface area contributed by atoms with Crippen molar-refractivity contribution in [3.8, 4) is 45.5 Å². The minimum absolute atomic E-state index is 0.252. The van der Waals surface area contributed by atoms with Crippen LogP contribution in [0.5, 0.6) is 23.0 Å². The molecule has 0 unspecified atom stereocenters. The highest BCUT2D eigenvalue weighted by atomic mass is 16.5. The first-order chi connectivity index (χ1) is 25.4. The number of nitrogens with one attached hydrogen (secondary N) is 2. The van der Waals surface area contributed by atoms with E-state index in [0.29, 0.717) is 67.3 Å². The monoisotopic (exact) mass is 691 g/mol. The Morgan fingerprint density at radius 2 is 0.885 bits per heavy atom.